The number of H-pyrrole nitrogens is 1. The minimum atomic E-state index is 0.966. The van der Waals surface area contributed by atoms with Crippen molar-refractivity contribution < 1.29 is 0 Å². The molecule has 17 heavy (non-hydrogen) atoms. The van der Waals surface area contributed by atoms with Crippen molar-refractivity contribution in [2.45, 2.75) is 13.8 Å². The first-order valence-electron chi connectivity index (χ1n) is 5.35. The Morgan fingerprint density at radius 1 is 1.24 bits per heavy atom. The number of fused-ring (bicyclic) bond motifs is 1. The summed E-state index contributed by atoms with van der Waals surface area (Å²) in [5.41, 5.74) is 5.87. The number of hydrogen-bond acceptors (Lipinski definition) is 2. The van der Waals surface area contributed by atoms with Gasteiger partial charge in [0.15, 0.2) is 0 Å². The Kier molecular flexibility index (Phi) is 2.71. The van der Waals surface area contributed by atoms with E-state index in [1.54, 1.807) is 11.3 Å². The molecule has 4 heteroatoms. The number of rotatable bonds is 1. The van der Waals surface area contributed by atoms with E-state index < -0.39 is 0 Å². The van der Waals surface area contributed by atoms with Crippen molar-refractivity contribution in [1.82, 2.24) is 9.97 Å². The van der Waals surface area contributed by atoms with E-state index in [-0.39, 0.29) is 0 Å². The quantitative estimate of drug-likeness (QED) is 0.640. The Bertz CT molecular complexity index is 697. The smallest absolute Gasteiger partial charge is 0.139 e. The van der Waals surface area contributed by atoms with Crippen LogP contribution in [0.15, 0.2) is 23.6 Å². The Morgan fingerprint density at radius 2 is 2.06 bits per heavy atom. The number of imidazole rings is 1. The lowest BCUT2D eigenvalue weighted by molar-refractivity contribution is 1.34. The molecule has 0 saturated heterocycles. The van der Waals surface area contributed by atoms with E-state index in [0.717, 1.165) is 16.9 Å². The lowest BCUT2D eigenvalue weighted by Crippen LogP contribution is -1.79. The Hall–Kier alpha value is -0.880. The Balaban J connectivity index is 2.23. The fourth-order valence-electron chi connectivity index (χ4n) is 2.04. The number of halogens is 1. The molecule has 0 amide bonds. The number of aryl methyl sites for hydroxylation is 2. The number of thiophene rings is 1. The van der Waals surface area contributed by atoms with E-state index in [4.69, 9.17) is 0 Å². The molecule has 1 N–H and O–H groups in total. The minimum Gasteiger partial charge on any atom is -0.338 e. The van der Waals surface area contributed by atoms with E-state index in [1.807, 2.05) is 0 Å². The molecule has 3 rings (SSSR count). The molecule has 0 unspecified atom stereocenters. The molecule has 0 aliphatic heterocycles. The van der Waals surface area contributed by atoms with Crippen LogP contribution >= 0.6 is 33.9 Å². The highest BCUT2D eigenvalue weighted by Crippen LogP contribution is 2.27. The molecule has 2 aromatic heterocycles. The average molecular weight is 354 g/mol. The summed E-state index contributed by atoms with van der Waals surface area (Å²) in [5.74, 6) is 0.966. The van der Waals surface area contributed by atoms with E-state index in [1.165, 1.54) is 19.6 Å². The van der Waals surface area contributed by atoms with Gasteiger partial charge in [0.1, 0.15) is 5.82 Å². The zero-order valence-electron chi connectivity index (χ0n) is 9.54. The second-order valence-electron chi connectivity index (χ2n) is 4.20. The van der Waals surface area contributed by atoms with Crippen LogP contribution in [-0.2, 0) is 0 Å². The van der Waals surface area contributed by atoms with Gasteiger partial charge in [-0.05, 0) is 59.7 Å². The van der Waals surface area contributed by atoms with Crippen LogP contribution in [-0.4, -0.2) is 9.97 Å². The molecule has 0 saturated carbocycles. The van der Waals surface area contributed by atoms with Gasteiger partial charge in [0, 0.05) is 10.9 Å². The molecule has 0 atom stereocenters. The highest BCUT2D eigenvalue weighted by atomic mass is 127. The number of hydrogen-bond donors (Lipinski definition) is 1. The summed E-state index contributed by atoms with van der Waals surface area (Å²) in [5, 5.41) is 2.14. The van der Waals surface area contributed by atoms with Crippen LogP contribution in [0.25, 0.3) is 22.4 Å². The summed E-state index contributed by atoms with van der Waals surface area (Å²) < 4.78 is 1.28. The van der Waals surface area contributed by atoms with Gasteiger partial charge in [-0.3, -0.25) is 0 Å². The SMILES string of the molecule is Cc1cc(C)c2nc(-c3csc(I)c3)[nH]c2c1. The summed E-state index contributed by atoms with van der Waals surface area (Å²) in [6, 6.07) is 6.48. The van der Waals surface area contributed by atoms with Crippen molar-refractivity contribution in [3.8, 4) is 11.4 Å². The summed E-state index contributed by atoms with van der Waals surface area (Å²) in [6.07, 6.45) is 0. The van der Waals surface area contributed by atoms with Crippen LogP contribution in [0.3, 0.4) is 0 Å². The first-order chi connectivity index (χ1) is 8.13. The van der Waals surface area contributed by atoms with Gasteiger partial charge in [-0.25, -0.2) is 4.98 Å². The van der Waals surface area contributed by atoms with Crippen LogP contribution in [0.2, 0.25) is 0 Å². The molecular formula is C13H11IN2S. The number of aromatic amines is 1. The largest absolute Gasteiger partial charge is 0.338 e. The van der Waals surface area contributed by atoms with Crippen LogP contribution in [0, 0.1) is 16.7 Å². The first kappa shape index (κ1) is 11.2. The van der Waals surface area contributed by atoms with Gasteiger partial charge < -0.3 is 4.98 Å². The highest BCUT2D eigenvalue weighted by molar-refractivity contribution is 14.1. The maximum Gasteiger partial charge on any atom is 0.139 e. The van der Waals surface area contributed by atoms with Crippen LogP contribution in [0.4, 0.5) is 0 Å². The molecule has 0 radical (unpaired) electrons. The maximum atomic E-state index is 4.68. The second-order valence-corrected chi connectivity index (χ2v) is 7.01. The molecule has 1 aromatic carbocycles. The zero-order chi connectivity index (χ0) is 12.0. The Morgan fingerprint density at radius 3 is 2.76 bits per heavy atom. The molecule has 2 nitrogen and oxygen atoms in total. The third-order valence-corrected chi connectivity index (χ3v) is 4.55. The maximum absolute atomic E-state index is 4.68. The van der Waals surface area contributed by atoms with Crippen LogP contribution in [0.5, 0.6) is 0 Å². The van der Waals surface area contributed by atoms with Crippen molar-refractivity contribution in [1.29, 1.82) is 0 Å². The van der Waals surface area contributed by atoms with Crippen molar-refractivity contribution in [2.24, 2.45) is 0 Å². The molecule has 0 aliphatic rings. The summed E-state index contributed by atoms with van der Waals surface area (Å²) in [4.78, 5) is 8.08. The molecule has 0 fully saturated rings. The van der Waals surface area contributed by atoms with Gasteiger partial charge in [0.25, 0.3) is 0 Å². The topological polar surface area (TPSA) is 28.7 Å². The molecular weight excluding hydrogens is 343 g/mol. The zero-order valence-corrected chi connectivity index (χ0v) is 12.5. The van der Waals surface area contributed by atoms with Gasteiger partial charge in [0.2, 0.25) is 0 Å². The van der Waals surface area contributed by atoms with Gasteiger partial charge in [-0.2, -0.15) is 0 Å². The van der Waals surface area contributed by atoms with Gasteiger partial charge in [-0.15, -0.1) is 11.3 Å². The van der Waals surface area contributed by atoms with Crippen LogP contribution in [0.1, 0.15) is 11.1 Å². The van der Waals surface area contributed by atoms with Crippen molar-refractivity contribution in [3.63, 3.8) is 0 Å². The first-order valence-corrected chi connectivity index (χ1v) is 7.31. The average Bonchev–Trinajstić information content (AvgIpc) is 2.83. The fourth-order valence-corrected chi connectivity index (χ4v) is 3.37. The molecule has 0 bridgehead atoms. The second kappa shape index (κ2) is 4.10. The third-order valence-electron chi connectivity index (χ3n) is 2.76. The fraction of sp³-hybridized carbons (Fsp3) is 0.154. The molecule has 0 spiro atoms. The van der Waals surface area contributed by atoms with E-state index in [2.05, 4.69) is 70.0 Å². The lowest BCUT2D eigenvalue weighted by atomic mass is 10.1. The van der Waals surface area contributed by atoms with E-state index >= 15 is 0 Å². The number of aromatic nitrogens is 2. The number of benzene rings is 1. The van der Waals surface area contributed by atoms with Crippen molar-refractivity contribution in [2.75, 3.05) is 0 Å². The number of nitrogens with zero attached hydrogens (tertiary/aromatic N) is 1. The molecule has 2 heterocycles. The van der Waals surface area contributed by atoms with Gasteiger partial charge in [0.05, 0.1) is 13.9 Å². The van der Waals surface area contributed by atoms with Gasteiger partial charge >= 0.3 is 0 Å². The highest BCUT2D eigenvalue weighted by Gasteiger charge is 2.09. The summed E-state index contributed by atoms with van der Waals surface area (Å²) in [7, 11) is 0. The predicted octanol–water partition coefficient (Wildman–Crippen LogP) is 4.51. The van der Waals surface area contributed by atoms with E-state index in [0.29, 0.717) is 0 Å². The van der Waals surface area contributed by atoms with Crippen molar-refractivity contribution in [3.05, 3.63) is 37.6 Å². The van der Waals surface area contributed by atoms with Crippen molar-refractivity contribution >= 4 is 45.0 Å². The molecule has 3 aromatic rings. The predicted molar refractivity (Wildman–Crippen MR) is 81.6 cm³/mol. The normalized spacial score (nSPS) is 11.2. The third kappa shape index (κ3) is 1.99. The monoisotopic (exact) mass is 354 g/mol. The Labute approximate surface area is 117 Å². The van der Waals surface area contributed by atoms with E-state index in [9.17, 15) is 0 Å². The minimum absolute atomic E-state index is 0.966. The standard InChI is InChI=1S/C13H11IN2S/c1-7-3-8(2)12-10(4-7)15-13(16-12)9-5-11(14)17-6-9/h3-6H,1-2H3,(H,15,16). The lowest BCUT2D eigenvalue weighted by Gasteiger charge is -1.96. The molecule has 0 aliphatic carbocycles. The molecule has 86 valence electrons. The van der Waals surface area contributed by atoms with Crippen LogP contribution < -0.4 is 0 Å². The summed E-state index contributed by atoms with van der Waals surface area (Å²) in [6.45, 7) is 4.22. The number of nitrogens with one attached hydrogen (secondary N) is 1. The van der Waals surface area contributed by atoms with Gasteiger partial charge in [-0.1, -0.05) is 6.07 Å². The summed E-state index contributed by atoms with van der Waals surface area (Å²) >= 11 is 4.08.